The van der Waals surface area contributed by atoms with Crippen LogP contribution in [0, 0.1) is 22.7 Å². The van der Waals surface area contributed by atoms with Crippen LogP contribution in [0.3, 0.4) is 0 Å². The van der Waals surface area contributed by atoms with Gasteiger partial charge in [0.25, 0.3) is 0 Å². The second kappa shape index (κ2) is 6.53. The van der Waals surface area contributed by atoms with Crippen LogP contribution in [-0.2, 0) is 9.53 Å². The van der Waals surface area contributed by atoms with Crippen molar-refractivity contribution in [1.82, 2.24) is 0 Å². The van der Waals surface area contributed by atoms with E-state index < -0.39 is 23.6 Å². The Kier molecular flexibility index (Phi) is 4.86. The van der Waals surface area contributed by atoms with Crippen LogP contribution < -0.4 is 0 Å². The number of aliphatic hydroxyl groups is 3. The van der Waals surface area contributed by atoms with E-state index in [9.17, 15) is 20.1 Å². The molecule has 1 aliphatic heterocycles. The summed E-state index contributed by atoms with van der Waals surface area (Å²) in [6, 6.07) is 0. The molecule has 0 radical (unpaired) electrons. The molecule has 3 rings (SSSR count). The fraction of sp³-hybridized carbons (Fsp3) is 0.750. The summed E-state index contributed by atoms with van der Waals surface area (Å²) in [5, 5.41) is 30.4. The number of esters is 1. The predicted octanol–water partition coefficient (Wildman–Crippen LogP) is 1.96. The first-order valence-electron chi connectivity index (χ1n) is 9.26. The first-order chi connectivity index (χ1) is 11.7. The number of aliphatic hydroxyl groups excluding tert-OH is 3. The van der Waals surface area contributed by atoms with E-state index in [-0.39, 0.29) is 30.5 Å². The molecule has 5 heteroatoms. The highest BCUT2D eigenvalue weighted by molar-refractivity contribution is 5.91. The zero-order valence-electron chi connectivity index (χ0n) is 15.2. The molecule has 0 aromatic carbocycles. The van der Waals surface area contributed by atoms with Crippen LogP contribution in [-0.4, -0.2) is 46.7 Å². The van der Waals surface area contributed by atoms with E-state index in [2.05, 4.69) is 13.5 Å². The lowest BCUT2D eigenvalue weighted by Crippen LogP contribution is -2.57. The molecule has 3 aliphatic rings. The molecule has 0 aromatic rings. The third-order valence-electron chi connectivity index (χ3n) is 7.23. The van der Waals surface area contributed by atoms with E-state index >= 15 is 0 Å². The van der Waals surface area contributed by atoms with E-state index in [4.69, 9.17) is 4.74 Å². The fourth-order valence-electron chi connectivity index (χ4n) is 5.56. The summed E-state index contributed by atoms with van der Waals surface area (Å²) in [4.78, 5) is 11.8. The highest BCUT2D eigenvalue weighted by atomic mass is 16.6. The van der Waals surface area contributed by atoms with E-state index in [0.717, 1.165) is 24.8 Å². The lowest BCUT2D eigenvalue weighted by Gasteiger charge is -2.59. The van der Waals surface area contributed by atoms with Crippen molar-refractivity contribution in [3.8, 4) is 0 Å². The Bertz CT molecular complexity index is 597. The second-order valence-corrected chi connectivity index (χ2v) is 8.54. The van der Waals surface area contributed by atoms with E-state index in [1.807, 2.05) is 13.0 Å². The van der Waals surface area contributed by atoms with Crippen molar-refractivity contribution in [3.63, 3.8) is 0 Å². The Morgan fingerprint density at radius 1 is 1.32 bits per heavy atom. The zero-order valence-corrected chi connectivity index (χ0v) is 15.2. The number of carbonyl (C=O) groups excluding carboxylic acids is 1. The van der Waals surface area contributed by atoms with Crippen LogP contribution in [0.1, 0.15) is 46.0 Å². The Hall–Kier alpha value is -1.17. The molecule has 2 unspecified atom stereocenters. The number of carbonyl (C=O) groups is 1. The number of fused-ring (bicyclic) bond motifs is 1. The lowest BCUT2D eigenvalue weighted by molar-refractivity contribution is -0.151. The van der Waals surface area contributed by atoms with Crippen molar-refractivity contribution in [1.29, 1.82) is 0 Å². The number of ether oxygens (including phenoxy) is 1. The molecule has 3 fully saturated rings. The average Bonchev–Trinajstić information content (AvgIpc) is 2.89. The van der Waals surface area contributed by atoms with Gasteiger partial charge in [-0.25, -0.2) is 4.79 Å². The standard InChI is InChI=1S/C20H30O5/c1-12-4-7-16-19(2,9-8-17(23)20(16,3)11-21)14(12)6-5-13-15(22)10-25-18(13)24/h5,14-17,21-23H,1,4,6-11H2,2-3H3/b13-5-/t14-,15?,16+,17-,19+,20?/m1/s1. The van der Waals surface area contributed by atoms with Crippen molar-refractivity contribution in [2.45, 2.75) is 58.2 Å². The third kappa shape index (κ3) is 2.86. The minimum absolute atomic E-state index is 0.0280. The van der Waals surface area contributed by atoms with E-state index in [0.29, 0.717) is 18.4 Å². The van der Waals surface area contributed by atoms with Gasteiger partial charge >= 0.3 is 5.97 Å². The summed E-state index contributed by atoms with van der Waals surface area (Å²) in [5.74, 6) is -0.0734. The highest BCUT2D eigenvalue weighted by Gasteiger charge is 2.57. The van der Waals surface area contributed by atoms with Gasteiger partial charge in [0.15, 0.2) is 0 Å². The Morgan fingerprint density at radius 3 is 2.64 bits per heavy atom. The first-order valence-corrected chi connectivity index (χ1v) is 9.26. The zero-order chi connectivity index (χ0) is 18.4. The molecule has 140 valence electrons. The molecule has 1 saturated heterocycles. The summed E-state index contributed by atoms with van der Waals surface area (Å²) in [6.45, 7) is 8.50. The quantitative estimate of drug-likeness (QED) is 0.411. The molecule has 2 aliphatic carbocycles. The maximum Gasteiger partial charge on any atom is 0.336 e. The lowest BCUT2D eigenvalue weighted by atomic mass is 9.46. The maximum absolute atomic E-state index is 11.8. The summed E-state index contributed by atoms with van der Waals surface area (Å²) < 4.78 is 4.90. The molecule has 25 heavy (non-hydrogen) atoms. The third-order valence-corrected chi connectivity index (χ3v) is 7.23. The molecule has 0 bridgehead atoms. The molecule has 0 amide bonds. The van der Waals surface area contributed by atoms with Gasteiger partial charge < -0.3 is 20.1 Å². The van der Waals surface area contributed by atoms with Gasteiger partial charge in [-0.1, -0.05) is 32.1 Å². The minimum Gasteiger partial charge on any atom is -0.459 e. The first kappa shape index (κ1) is 18.6. The van der Waals surface area contributed by atoms with Crippen LogP contribution in [0.15, 0.2) is 23.8 Å². The van der Waals surface area contributed by atoms with E-state index in [1.54, 1.807) is 0 Å². The number of cyclic esters (lactones) is 1. The highest BCUT2D eigenvalue weighted by Crippen LogP contribution is 2.61. The van der Waals surface area contributed by atoms with E-state index in [1.165, 1.54) is 0 Å². The molecule has 0 spiro atoms. The van der Waals surface area contributed by atoms with Crippen molar-refractivity contribution in [2.75, 3.05) is 13.2 Å². The van der Waals surface area contributed by atoms with Crippen molar-refractivity contribution in [2.24, 2.45) is 22.7 Å². The number of rotatable bonds is 3. The van der Waals surface area contributed by atoms with Gasteiger partial charge in [0.05, 0.1) is 18.3 Å². The predicted molar refractivity (Wildman–Crippen MR) is 93.6 cm³/mol. The largest absolute Gasteiger partial charge is 0.459 e. The molecular formula is C20H30O5. The summed E-state index contributed by atoms with van der Waals surface area (Å²) in [6.07, 6.45) is 4.42. The molecule has 2 saturated carbocycles. The number of allylic oxidation sites excluding steroid dienone is 2. The second-order valence-electron chi connectivity index (χ2n) is 8.54. The minimum atomic E-state index is -0.844. The van der Waals surface area contributed by atoms with Gasteiger partial charge in [-0.3, -0.25) is 0 Å². The molecule has 6 atom stereocenters. The van der Waals surface area contributed by atoms with Crippen LogP contribution in [0.5, 0.6) is 0 Å². The van der Waals surface area contributed by atoms with Crippen molar-refractivity contribution >= 4 is 5.97 Å². The van der Waals surface area contributed by atoms with Gasteiger partial charge in [-0.2, -0.15) is 0 Å². The van der Waals surface area contributed by atoms with Crippen LogP contribution in [0.25, 0.3) is 0 Å². The Morgan fingerprint density at radius 2 is 2.04 bits per heavy atom. The molecule has 0 aromatic heterocycles. The van der Waals surface area contributed by atoms with Crippen LogP contribution in [0.2, 0.25) is 0 Å². The summed E-state index contributed by atoms with van der Waals surface area (Å²) in [7, 11) is 0. The molecular weight excluding hydrogens is 320 g/mol. The molecule has 3 N–H and O–H groups in total. The smallest absolute Gasteiger partial charge is 0.336 e. The number of hydrogen-bond donors (Lipinski definition) is 3. The average molecular weight is 350 g/mol. The molecule has 5 nitrogen and oxygen atoms in total. The monoisotopic (exact) mass is 350 g/mol. The Balaban J connectivity index is 1.89. The Labute approximate surface area is 149 Å². The summed E-state index contributed by atoms with van der Waals surface area (Å²) in [5.41, 5.74) is 0.911. The van der Waals surface area contributed by atoms with Gasteiger partial charge in [0.2, 0.25) is 0 Å². The van der Waals surface area contributed by atoms with Crippen LogP contribution >= 0.6 is 0 Å². The van der Waals surface area contributed by atoms with Gasteiger partial charge in [-0.15, -0.1) is 0 Å². The van der Waals surface area contributed by atoms with Gasteiger partial charge in [0, 0.05) is 5.41 Å². The van der Waals surface area contributed by atoms with Crippen LogP contribution in [0.4, 0.5) is 0 Å². The fourth-order valence-corrected chi connectivity index (χ4v) is 5.56. The van der Waals surface area contributed by atoms with Crippen molar-refractivity contribution < 1.29 is 24.9 Å². The van der Waals surface area contributed by atoms with Crippen molar-refractivity contribution in [3.05, 3.63) is 23.8 Å². The normalized spacial score (nSPS) is 46.2. The topological polar surface area (TPSA) is 87.0 Å². The maximum atomic E-state index is 11.8. The SMILES string of the molecule is C=C1CC[C@@H]2C(C)(CO)[C@H](O)CC[C@@]2(C)[C@@H]1C/C=C1\C(=O)OCC1O. The summed E-state index contributed by atoms with van der Waals surface area (Å²) >= 11 is 0. The van der Waals surface area contributed by atoms with Gasteiger partial charge in [-0.05, 0) is 49.4 Å². The molecule has 1 heterocycles. The number of hydrogen-bond acceptors (Lipinski definition) is 5. The van der Waals surface area contributed by atoms with Gasteiger partial charge in [0.1, 0.15) is 12.7 Å².